The zero-order valence-electron chi connectivity index (χ0n) is 7.16. The van der Waals surface area contributed by atoms with Crippen LogP contribution < -0.4 is 0 Å². The highest BCUT2D eigenvalue weighted by molar-refractivity contribution is 5.31. The Morgan fingerprint density at radius 3 is 2.54 bits per heavy atom. The van der Waals surface area contributed by atoms with Crippen molar-refractivity contribution in [2.24, 2.45) is 5.92 Å². The van der Waals surface area contributed by atoms with Crippen molar-refractivity contribution in [1.29, 1.82) is 0 Å². The number of rotatable bonds is 0. The highest BCUT2D eigenvalue weighted by Gasteiger charge is 2.37. The molecule has 0 N–H and O–H groups in total. The molecule has 1 aliphatic rings. The van der Waals surface area contributed by atoms with Gasteiger partial charge in [-0.2, -0.15) is 13.2 Å². The molecule has 0 saturated heterocycles. The van der Waals surface area contributed by atoms with Gasteiger partial charge in [0.2, 0.25) is 0 Å². The van der Waals surface area contributed by atoms with Crippen molar-refractivity contribution < 1.29 is 17.6 Å². The quantitative estimate of drug-likeness (QED) is 0.515. The van der Waals surface area contributed by atoms with Crippen LogP contribution >= 0.6 is 0 Å². The number of hydrogen-bond acceptors (Lipinski definition) is 0. The Hall–Kier alpha value is -0.800. The summed E-state index contributed by atoms with van der Waals surface area (Å²) in [6.45, 7) is 1.65. The maximum absolute atomic E-state index is 12.9. The molecule has 0 saturated carbocycles. The van der Waals surface area contributed by atoms with Gasteiger partial charge in [0.25, 0.3) is 0 Å². The van der Waals surface area contributed by atoms with E-state index < -0.39 is 17.6 Å². The van der Waals surface area contributed by atoms with E-state index in [1.165, 1.54) is 0 Å². The Labute approximate surface area is 73.9 Å². The molecule has 0 aromatic rings. The van der Waals surface area contributed by atoms with E-state index in [0.717, 1.165) is 12.2 Å². The summed E-state index contributed by atoms with van der Waals surface area (Å²) in [6, 6.07) is 0. The summed E-state index contributed by atoms with van der Waals surface area (Å²) in [6.07, 6.45) is -1.68. The lowest BCUT2D eigenvalue weighted by atomic mass is 10.1. The smallest absolute Gasteiger partial charge is 0.207 e. The van der Waals surface area contributed by atoms with Crippen LogP contribution in [0.3, 0.4) is 0 Å². The number of alkyl halides is 3. The molecule has 0 heterocycles. The van der Waals surface area contributed by atoms with E-state index in [2.05, 4.69) is 0 Å². The molecule has 74 valence electrons. The van der Waals surface area contributed by atoms with Crippen LogP contribution in [0, 0.1) is 5.92 Å². The molecule has 0 fully saturated rings. The van der Waals surface area contributed by atoms with Gasteiger partial charge in [-0.25, -0.2) is 4.39 Å². The molecule has 0 amide bonds. The molecule has 4 heteroatoms. The summed E-state index contributed by atoms with van der Waals surface area (Å²) >= 11 is 0. The molecule has 1 aliphatic carbocycles. The van der Waals surface area contributed by atoms with Gasteiger partial charge in [-0.05, 0) is 24.8 Å². The molecule has 0 aliphatic heterocycles. The van der Waals surface area contributed by atoms with Crippen molar-refractivity contribution in [3.05, 3.63) is 23.6 Å². The second-order valence-corrected chi connectivity index (χ2v) is 3.18. The van der Waals surface area contributed by atoms with Crippen LogP contribution in [0.2, 0.25) is 0 Å². The van der Waals surface area contributed by atoms with E-state index in [-0.39, 0.29) is 5.92 Å². The summed E-state index contributed by atoms with van der Waals surface area (Å²) in [5.41, 5.74) is -1.13. The van der Waals surface area contributed by atoms with Crippen molar-refractivity contribution >= 4 is 0 Å². The lowest BCUT2D eigenvalue weighted by molar-refractivity contribution is -0.0914. The zero-order chi connectivity index (χ0) is 10.1. The first-order chi connectivity index (χ1) is 5.91. The Bertz CT molecular complexity index is 247. The van der Waals surface area contributed by atoms with Crippen molar-refractivity contribution in [1.82, 2.24) is 0 Å². The maximum atomic E-state index is 12.9. The van der Waals surface area contributed by atoms with Crippen LogP contribution in [-0.2, 0) is 0 Å². The van der Waals surface area contributed by atoms with Gasteiger partial charge in [0.05, 0.1) is 5.57 Å². The van der Waals surface area contributed by atoms with E-state index in [4.69, 9.17) is 0 Å². The molecule has 0 aromatic carbocycles. The van der Waals surface area contributed by atoms with Crippen molar-refractivity contribution in [3.63, 3.8) is 0 Å². The van der Waals surface area contributed by atoms with Gasteiger partial charge in [0.1, 0.15) is 5.83 Å². The minimum atomic E-state index is -4.57. The second-order valence-electron chi connectivity index (χ2n) is 3.18. The van der Waals surface area contributed by atoms with Gasteiger partial charge in [0.15, 0.2) is 0 Å². The zero-order valence-corrected chi connectivity index (χ0v) is 7.16. The monoisotopic (exact) mass is 194 g/mol. The van der Waals surface area contributed by atoms with E-state index >= 15 is 0 Å². The minimum Gasteiger partial charge on any atom is -0.207 e. The average Bonchev–Trinajstić information content (AvgIpc) is 2.11. The largest absolute Gasteiger partial charge is 0.418 e. The Kier molecular flexibility index (Phi) is 2.78. The van der Waals surface area contributed by atoms with Crippen LogP contribution in [0.15, 0.2) is 23.6 Å². The molecule has 0 nitrogen and oxygen atoms in total. The van der Waals surface area contributed by atoms with E-state index in [9.17, 15) is 17.6 Å². The lowest BCUT2D eigenvalue weighted by Crippen LogP contribution is -2.13. The van der Waals surface area contributed by atoms with E-state index in [1.54, 1.807) is 6.92 Å². The van der Waals surface area contributed by atoms with E-state index in [1.807, 2.05) is 0 Å². The number of hydrogen-bond donors (Lipinski definition) is 0. The van der Waals surface area contributed by atoms with Gasteiger partial charge in [0, 0.05) is 0 Å². The second kappa shape index (κ2) is 3.52. The third kappa shape index (κ3) is 2.57. The highest BCUT2D eigenvalue weighted by atomic mass is 19.4. The predicted molar refractivity (Wildman–Crippen MR) is 41.7 cm³/mol. The van der Waals surface area contributed by atoms with Gasteiger partial charge in [-0.1, -0.05) is 13.0 Å². The molecule has 0 bridgehead atoms. The summed E-state index contributed by atoms with van der Waals surface area (Å²) in [7, 11) is 0. The molecule has 0 spiro atoms. The topological polar surface area (TPSA) is 0 Å². The Morgan fingerprint density at radius 2 is 2.00 bits per heavy atom. The summed E-state index contributed by atoms with van der Waals surface area (Å²) in [5.74, 6) is -1.36. The summed E-state index contributed by atoms with van der Waals surface area (Å²) in [4.78, 5) is 0. The molecule has 0 aromatic heterocycles. The molecule has 1 atom stereocenters. The minimum absolute atomic E-state index is 0.221. The van der Waals surface area contributed by atoms with E-state index in [0.29, 0.717) is 12.8 Å². The highest BCUT2D eigenvalue weighted by Crippen LogP contribution is 2.35. The van der Waals surface area contributed by atoms with Crippen LogP contribution in [0.1, 0.15) is 19.8 Å². The number of halogens is 4. The van der Waals surface area contributed by atoms with Gasteiger partial charge in [-0.3, -0.25) is 0 Å². The molecular weight excluding hydrogens is 184 g/mol. The first-order valence-electron chi connectivity index (χ1n) is 4.06. The van der Waals surface area contributed by atoms with Crippen molar-refractivity contribution in [2.75, 3.05) is 0 Å². The first-order valence-corrected chi connectivity index (χ1v) is 4.06. The molecule has 1 rings (SSSR count). The average molecular weight is 194 g/mol. The Morgan fingerprint density at radius 1 is 1.38 bits per heavy atom. The molecular formula is C9H10F4. The normalized spacial score (nSPS) is 24.8. The molecule has 13 heavy (non-hydrogen) atoms. The maximum Gasteiger partial charge on any atom is 0.418 e. The standard InChI is InChI=1S/C9H10F4/c1-6-3-2-4-8(10)7(5-6)9(11,12)13/h4-6H,2-3H2,1H3. The fraction of sp³-hybridized carbons (Fsp3) is 0.556. The van der Waals surface area contributed by atoms with Gasteiger partial charge in [-0.15, -0.1) is 0 Å². The van der Waals surface area contributed by atoms with Gasteiger partial charge >= 0.3 is 6.18 Å². The summed E-state index contributed by atoms with van der Waals surface area (Å²) in [5, 5.41) is 0. The van der Waals surface area contributed by atoms with Crippen LogP contribution in [0.4, 0.5) is 17.6 Å². The third-order valence-electron chi connectivity index (χ3n) is 1.96. The molecule has 1 unspecified atom stereocenters. The third-order valence-corrected chi connectivity index (χ3v) is 1.96. The van der Waals surface area contributed by atoms with Crippen molar-refractivity contribution in [2.45, 2.75) is 25.9 Å². The van der Waals surface area contributed by atoms with Crippen LogP contribution in [0.5, 0.6) is 0 Å². The Balaban J connectivity index is 3.00. The van der Waals surface area contributed by atoms with Crippen LogP contribution in [-0.4, -0.2) is 6.18 Å². The molecule has 0 radical (unpaired) electrons. The fourth-order valence-electron chi connectivity index (χ4n) is 1.26. The van der Waals surface area contributed by atoms with Crippen molar-refractivity contribution in [3.8, 4) is 0 Å². The number of allylic oxidation sites excluding steroid dienone is 4. The predicted octanol–water partition coefficient (Wildman–Crippen LogP) is 3.76. The lowest BCUT2D eigenvalue weighted by Gasteiger charge is -2.09. The van der Waals surface area contributed by atoms with Gasteiger partial charge < -0.3 is 0 Å². The SMILES string of the molecule is CC1C=C(C(F)(F)F)C(F)=CCC1. The first kappa shape index (κ1) is 10.3. The summed E-state index contributed by atoms with van der Waals surface area (Å²) < 4.78 is 49.4. The fourth-order valence-corrected chi connectivity index (χ4v) is 1.26. The van der Waals surface area contributed by atoms with Crippen LogP contribution in [0.25, 0.3) is 0 Å².